The zero-order valence-corrected chi connectivity index (χ0v) is 13.1. The van der Waals surface area contributed by atoms with Crippen LogP contribution in [0.4, 0.5) is 0 Å². The third-order valence-corrected chi connectivity index (χ3v) is 5.54. The van der Waals surface area contributed by atoms with E-state index < -0.39 is 5.97 Å². The molecule has 0 amide bonds. The Hall–Kier alpha value is -1.35. The van der Waals surface area contributed by atoms with Gasteiger partial charge in [0.15, 0.2) is 0 Å². The van der Waals surface area contributed by atoms with Gasteiger partial charge in [-0.3, -0.25) is 4.79 Å². The van der Waals surface area contributed by atoms with Gasteiger partial charge in [0.2, 0.25) is 0 Å². The summed E-state index contributed by atoms with van der Waals surface area (Å²) in [6, 6.07) is 6.85. The van der Waals surface area contributed by atoms with Crippen molar-refractivity contribution in [1.29, 1.82) is 0 Å². The molecule has 2 aliphatic rings. The van der Waals surface area contributed by atoms with Crippen LogP contribution in [-0.4, -0.2) is 17.1 Å². The molecule has 1 aromatic carbocycles. The molecule has 3 rings (SSSR count). The van der Waals surface area contributed by atoms with Crippen LogP contribution in [-0.2, 0) is 4.79 Å². The number of nitrogens with one attached hydrogen (secondary N) is 1. The molecule has 0 aliphatic heterocycles. The molecule has 21 heavy (non-hydrogen) atoms. The highest BCUT2D eigenvalue weighted by Gasteiger charge is 2.51. The summed E-state index contributed by atoms with van der Waals surface area (Å²) < 4.78 is 0. The normalized spacial score (nSPS) is 32.3. The van der Waals surface area contributed by atoms with Crippen molar-refractivity contribution in [2.45, 2.75) is 52.1 Å². The molecule has 2 fully saturated rings. The van der Waals surface area contributed by atoms with Gasteiger partial charge in [0.25, 0.3) is 0 Å². The average molecular weight is 287 g/mol. The maximum Gasteiger partial charge on any atom is 0.308 e. The maximum absolute atomic E-state index is 11.6. The van der Waals surface area contributed by atoms with Crippen LogP contribution in [0, 0.1) is 31.6 Å². The van der Waals surface area contributed by atoms with Crippen LogP contribution in [0.3, 0.4) is 0 Å². The van der Waals surface area contributed by atoms with E-state index in [2.05, 4.69) is 44.3 Å². The molecule has 5 unspecified atom stereocenters. The number of carboxylic acid groups (broad SMARTS) is 1. The first-order valence-electron chi connectivity index (χ1n) is 8.03. The highest BCUT2D eigenvalue weighted by molar-refractivity contribution is 5.72. The van der Waals surface area contributed by atoms with Gasteiger partial charge in [0.05, 0.1) is 5.92 Å². The monoisotopic (exact) mass is 287 g/mol. The number of carboxylic acids is 1. The second kappa shape index (κ2) is 5.45. The third-order valence-electron chi connectivity index (χ3n) is 5.54. The highest BCUT2D eigenvalue weighted by Crippen LogP contribution is 2.49. The molecule has 0 saturated heterocycles. The first-order chi connectivity index (χ1) is 9.97. The van der Waals surface area contributed by atoms with E-state index in [0.717, 1.165) is 12.8 Å². The Morgan fingerprint density at radius 2 is 2.00 bits per heavy atom. The van der Waals surface area contributed by atoms with Crippen LogP contribution in [0.1, 0.15) is 48.9 Å². The quantitative estimate of drug-likeness (QED) is 0.891. The molecule has 2 bridgehead atoms. The number of rotatable bonds is 4. The third kappa shape index (κ3) is 2.59. The van der Waals surface area contributed by atoms with Crippen molar-refractivity contribution in [3.8, 4) is 0 Å². The van der Waals surface area contributed by atoms with Gasteiger partial charge < -0.3 is 10.4 Å². The summed E-state index contributed by atoms with van der Waals surface area (Å²) in [5.41, 5.74) is 3.84. The minimum Gasteiger partial charge on any atom is -0.481 e. The summed E-state index contributed by atoms with van der Waals surface area (Å²) in [4.78, 5) is 11.6. The summed E-state index contributed by atoms with van der Waals surface area (Å²) in [5.74, 6) is 0.116. The average Bonchev–Trinajstić information content (AvgIpc) is 2.98. The number of aryl methyl sites for hydroxylation is 2. The van der Waals surface area contributed by atoms with E-state index in [1.807, 2.05) is 0 Å². The fourth-order valence-electron chi connectivity index (χ4n) is 4.58. The van der Waals surface area contributed by atoms with Crippen molar-refractivity contribution < 1.29 is 9.90 Å². The zero-order valence-electron chi connectivity index (χ0n) is 13.1. The SMILES string of the molecule is Cc1ccc(C(C)NC2C3CCC(C3)C2C(=O)O)c(C)c1. The van der Waals surface area contributed by atoms with Crippen LogP contribution < -0.4 is 5.32 Å². The summed E-state index contributed by atoms with van der Waals surface area (Å²) >= 11 is 0. The van der Waals surface area contributed by atoms with Gasteiger partial charge >= 0.3 is 5.97 Å². The number of carbonyl (C=O) groups is 1. The predicted molar refractivity (Wildman–Crippen MR) is 83.2 cm³/mol. The van der Waals surface area contributed by atoms with E-state index in [9.17, 15) is 9.90 Å². The molecule has 0 radical (unpaired) electrons. The van der Waals surface area contributed by atoms with Gasteiger partial charge in [0, 0.05) is 12.1 Å². The Labute approximate surface area is 126 Å². The molecule has 1 aromatic rings. The summed E-state index contributed by atoms with van der Waals surface area (Å²) in [6.45, 7) is 6.39. The van der Waals surface area contributed by atoms with Gasteiger partial charge in [-0.15, -0.1) is 0 Å². The number of benzene rings is 1. The van der Waals surface area contributed by atoms with E-state index in [4.69, 9.17) is 0 Å². The summed E-state index contributed by atoms with van der Waals surface area (Å²) in [5, 5.41) is 13.2. The molecular formula is C18H25NO2. The number of hydrogen-bond acceptors (Lipinski definition) is 2. The van der Waals surface area contributed by atoms with Gasteiger partial charge in [-0.05, 0) is 63.0 Å². The molecule has 2 aliphatic carbocycles. The fourth-order valence-corrected chi connectivity index (χ4v) is 4.58. The van der Waals surface area contributed by atoms with Crippen LogP contribution in [0.25, 0.3) is 0 Å². The van der Waals surface area contributed by atoms with Crippen LogP contribution >= 0.6 is 0 Å². The van der Waals surface area contributed by atoms with Crippen LogP contribution in [0.2, 0.25) is 0 Å². The van der Waals surface area contributed by atoms with Crippen molar-refractivity contribution in [3.63, 3.8) is 0 Å². The second-order valence-corrected chi connectivity index (χ2v) is 6.97. The lowest BCUT2D eigenvalue weighted by Crippen LogP contribution is -2.45. The number of aliphatic carboxylic acids is 1. The smallest absolute Gasteiger partial charge is 0.308 e. The van der Waals surface area contributed by atoms with E-state index in [1.54, 1.807) is 0 Å². The Balaban J connectivity index is 1.77. The lowest BCUT2D eigenvalue weighted by molar-refractivity contribution is -0.144. The molecule has 0 aromatic heterocycles. The van der Waals surface area contributed by atoms with Crippen LogP contribution in [0.15, 0.2) is 18.2 Å². The van der Waals surface area contributed by atoms with E-state index in [0.29, 0.717) is 11.8 Å². The predicted octanol–water partition coefficient (Wildman–Crippen LogP) is 3.45. The molecule has 0 heterocycles. The first kappa shape index (κ1) is 14.6. The van der Waals surface area contributed by atoms with Gasteiger partial charge in [-0.1, -0.05) is 23.8 Å². The topological polar surface area (TPSA) is 49.3 Å². The lowest BCUT2D eigenvalue weighted by Gasteiger charge is -2.32. The molecule has 2 N–H and O–H groups in total. The summed E-state index contributed by atoms with van der Waals surface area (Å²) in [6.07, 6.45) is 3.37. The molecule has 2 saturated carbocycles. The zero-order chi connectivity index (χ0) is 15.1. The maximum atomic E-state index is 11.6. The molecule has 3 heteroatoms. The number of fused-ring (bicyclic) bond motifs is 2. The van der Waals surface area contributed by atoms with E-state index in [1.165, 1.54) is 23.1 Å². The van der Waals surface area contributed by atoms with Crippen molar-refractivity contribution >= 4 is 5.97 Å². The van der Waals surface area contributed by atoms with E-state index in [-0.39, 0.29) is 18.0 Å². The Morgan fingerprint density at radius 1 is 1.29 bits per heavy atom. The van der Waals surface area contributed by atoms with Crippen molar-refractivity contribution in [1.82, 2.24) is 5.32 Å². The highest BCUT2D eigenvalue weighted by atomic mass is 16.4. The number of hydrogen-bond donors (Lipinski definition) is 2. The van der Waals surface area contributed by atoms with Crippen molar-refractivity contribution in [3.05, 3.63) is 34.9 Å². The molecule has 114 valence electrons. The molecule has 0 spiro atoms. The first-order valence-corrected chi connectivity index (χ1v) is 8.03. The fraction of sp³-hybridized carbons (Fsp3) is 0.611. The van der Waals surface area contributed by atoms with Crippen LogP contribution in [0.5, 0.6) is 0 Å². The van der Waals surface area contributed by atoms with Gasteiger partial charge in [-0.2, -0.15) is 0 Å². The lowest BCUT2D eigenvalue weighted by atomic mass is 9.83. The Bertz CT molecular complexity index is 554. The second-order valence-electron chi connectivity index (χ2n) is 6.97. The standard InChI is InChI=1S/C18H25NO2/c1-10-4-7-15(11(2)8-10)12(3)19-17-14-6-5-13(9-14)16(17)18(20)21/h4,7-8,12-14,16-17,19H,5-6,9H2,1-3H3,(H,20,21). The Morgan fingerprint density at radius 3 is 2.67 bits per heavy atom. The summed E-state index contributed by atoms with van der Waals surface area (Å²) in [7, 11) is 0. The van der Waals surface area contributed by atoms with Gasteiger partial charge in [-0.25, -0.2) is 0 Å². The van der Waals surface area contributed by atoms with E-state index >= 15 is 0 Å². The largest absolute Gasteiger partial charge is 0.481 e. The van der Waals surface area contributed by atoms with Crippen molar-refractivity contribution in [2.75, 3.05) is 0 Å². The molecule has 3 nitrogen and oxygen atoms in total. The molecule has 5 atom stereocenters. The minimum absolute atomic E-state index is 0.136. The minimum atomic E-state index is -0.618. The molecular weight excluding hydrogens is 262 g/mol. The Kier molecular flexibility index (Phi) is 3.78. The van der Waals surface area contributed by atoms with Crippen molar-refractivity contribution in [2.24, 2.45) is 17.8 Å². The van der Waals surface area contributed by atoms with Gasteiger partial charge in [0.1, 0.15) is 0 Å².